The molecule has 142 valence electrons. The van der Waals surface area contributed by atoms with Gasteiger partial charge in [0, 0.05) is 16.3 Å². The highest BCUT2D eigenvalue weighted by molar-refractivity contribution is 6.30. The molecule has 0 aliphatic carbocycles. The summed E-state index contributed by atoms with van der Waals surface area (Å²) in [5.74, 6) is 0.399. The zero-order chi connectivity index (χ0) is 20.5. The number of guanidine groups is 1. The van der Waals surface area contributed by atoms with Gasteiger partial charge in [-0.05, 0) is 50.2 Å². The molecule has 2 aromatic rings. The molecule has 28 heavy (non-hydrogen) atoms. The van der Waals surface area contributed by atoms with Crippen LogP contribution < -0.4 is 15.4 Å². The van der Waals surface area contributed by atoms with Gasteiger partial charge in [0.15, 0.2) is 0 Å². The minimum absolute atomic E-state index is 0.111. The molecule has 0 aromatic heterocycles. The molecule has 0 amide bonds. The number of anilines is 1. The molecule has 2 atom stereocenters. The first-order chi connectivity index (χ1) is 13.3. The fourth-order valence-corrected chi connectivity index (χ4v) is 3.47. The number of hydrogen-bond donors (Lipinski definition) is 2. The van der Waals surface area contributed by atoms with Crippen molar-refractivity contribution in [2.75, 3.05) is 4.90 Å². The third kappa shape index (κ3) is 3.46. The minimum atomic E-state index is -1.06. The molecule has 3 rings (SSSR count). The summed E-state index contributed by atoms with van der Waals surface area (Å²) in [7, 11) is 0. The number of ether oxygens (including phenoxy) is 1. The van der Waals surface area contributed by atoms with Gasteiger partial charge in [-0.15, -0.1) is 4.99 Å². The van der Waals surface area contributed by atoms with Crippen LogP contribution in [0, 0.1) is 22.8 Å². The van der Waals surface area contributed by atoms with Crippen molar-refractivity contribution >= 4 is 23.2 Å². The van der Waals surface area contributed by atoms with E-state index in [1.165, 1.54) is 4.90 Å². The van der Waals surface area contributed by atoms with Gasteiger partial charge in [0.25, 0.3) is 0 Å². The Bertz CT molecular complexity index is 1020. The van der Waals surface area contributed by atoms with Crippen molar-refractivity contribution in [2.45, 2.75) is 31.6 Å². The lowest BCUT2D eigenvalue weighted by Gasteiger charge is -2.46. The standard InChI is InChI=1S/C20H18ClN5O2/c1-20(2)18(27)17(15-8-12(10-22)6-7-16(15)28-20)26(19(24)25-11-23)14-5-3-4-13(21)9-14/h3-9,17-18,27H,1-2H3,(H2,24,25)/t17-,18+/m1/s1. The summed E-state index contributed by atoms with van der Waals surface area (Å²) in [6, 6.07) is 13.1. The summed E-state index contributed by atoms with van der Waals surface area (Å²) < 4.78 is 5.95. The van der Waals surface area contributed by atoms with Crippen LogP contribution in [-0.4, -0.2) is 22.8 Å². The second kappa shape index (κ2) is 7.40. The summed E-state index contributed by atoms with van der Waals surface area (Å²) in [5, 5.41) is 29.9. The molecule has 0 fully saturated rings. The number of benzene rings is 2. The number of rotatable bonds is 2. The van der Waals surface area contributed by atoms with Gasteiger partial charge in [0.1, 0.15) is 17.5 Å². The predicted molar refractivity (Wildman–Crippen MR) is 106 cm³/mol. The molecule has 0 spiro atoms. The van der Waals surface area contributed by atoms with Crippen LogP contribution in [0.5, 0.6) is 5.75 Å². The van der Waals surface area contributed by atoms with Crippen LogP contribution in [0.4, 0.5) is 5.69 Å². The van der Waals surface area contributed by atoms with E-state index in [0.717, 1.165) is 0 Å². The van der Waals surface area contributed by atoms with E-state index in [-0.39, 0.29) is 5.96 Å². The average Bonchev–Trinajstić information content (AvgIpc) is 2.65. The zero-order valence-corrected chi connectivity index (χ0v) is 16.1. The number of nitrogens with two attached hydrogens (primary N) is 1. The molecule has 0 radical (unpaired) electrons. The van der Waals surface area contributed by atoms with Gasteiger partial charge in [-0.1, -0.05) is 17.7 Å². The Balaban J connectivity index is 2.28. The Kier molecular flexibility index (Phi) is 5.15. The Morgan fingerprint density at radius 3 is 2.68 bits per heavy atom. The second-order valence-electron chi connectivity index (χ2n) is 6.88. The van der Waals surface area contributed by atoms with Crippen LogP contribution in [0.15, 0.2) is 47.5 Å². The maximum absolute atomic E-state index is 11.1. The number of fused-ring (bicyclic) bond motifs is 1. The van der Waals surface area contributed by atoms with Gasteiger partial charge in [-0.2, -0.15) is 10.5 Å². The van der Waals surface area contributed by atoms with Gasteiger partial charge in [0.05, 0.1) is 17.7 Å². The zero-order valence-electron chi connectivity index (χ0n) is 15.3. The molecule has 0 bridgehead atoms. The summed E-state index contributed by atoms with van der Waals surface area (Å²) >= 11 is 6.15. The number of aliphatic hydroxyl groups excluding tert-OH is 1. The van der Waals surface area contributed by atoms with Crippen molar-refractivity contribution in [3.63, 3.8) is 0 Å². The Labute approximate surface area is 167 Å². The fourth-order valence-electron chi connectivity index (χ4n) is 3.28. The molecule has 1 heterocycles. The van der Waals surface area contributed by atoms with Gasteiger partial charge in [0.2, 0.25) is 12.2 Å². The van der Waals surface area contributed by atoms with Crippen LogP contribution in [0.1, 0.15) is 31.0 Å². The topological polar surface area (TPSA) is 119 Å². The SMILES string of the molecule is CC1(C)Oc2ccc(C#N)cc2[C@@H](N(C(N)=NC#N)c2cccc(Cl)c2)[C@@H]1O. The summed E-state index contributed by atoms with van der Waals surface area (Å²) in [5.41, 5.74) is 6.65. The van der Waals surface area contributed by atoms with E-state index < -0.39 is 17.7 Å². The van der Waals surface area contributed by atoms with Gasteiger partial charge >= 0.3 is 0 Å². The molecule has 1 aliphatic heterocycles. The molecule has 0 saturated carbocycles. The number of nitriles is 2. The lowest BCUT2D eigenvalue weighted by Crippen LogP contribution is -2.56. The van der Waals surface area contributed by atoms with Gasteiger partial charge < -0.3 is 20.5 Å². The van der Waals surface area contributed by atoms with Crippen LogP contribution in [0.25, 0.3) is 0 Å². The highest BCUT2D eigenvalue weighted by Crippen LogP contribution is 2.44. The molecule has 8 heteroatoms. The second-order valence-corrected chi connectivity index (χ2v) is 7.32. The molecular formula is C20H18ClN5O2. The fraction of sp³-hybridized carbons (Fsp3) is 0.250. The van der Waals surface area contributed by atoms with Crippen molar-refractivity contribution in [1.29, 1.82) is 10.5 Å². The number of halogens is 1. The highest BCUT2D eigenvalue weighted by Gasteiger charge is 2.46. The Morgan fingerprint density at radius 2 is 2.04 bits per heavy atom. The van der Waals surface area contributed by atoms with Crippen LogP contribution >= 0.6 is 11.6 Å². The van der Waals surface area contributed by atoms with Crippen LogP contribution in [0.2, 0.25) is 5.02 Å². The maximum Gasteiger partial charge on any atom is 0.212 e. The number of nitrogens with zero attached hydrogens (tertiary/aromatic N) is 4. The highest BCUT2D eigenvalue weighted by atomic mass is 35.5. The van der Waals surface area contributed by atoms with Crippen molar-refractivity contribution in [2.24, 2.45) is 10.7 Å². The molecule has 1 aliphatic rings. The van der Waals surface area contributed by atoms with Crippen molar-refractivity contribution in [1.82, 2.24) is 0 Å². The van der Waals surface area contributed by atoms with Crippen LogP contribution in [0.3, 0.4) is 0 Å². The molecular weight excluding hydrogens is 378 g/mol. The smallest absolute Gasteiger partial charge is 0.212 e. The lowest BCUT2D eigenvalue weighted by atomic mass is 9.84. The number of hydrogen-bond acceptors (Lipinski definition) is 5. The Morgan fingerprint density at radius 1 is 1.29 bits per heavy atom. The molecule has 0 unspecified atom stereocenters. The van der Waals surface area contributed by atoms with E-state index in [1.54, 1.807) is 62.5 Å². The quantitative estimate of drug-likeness (QED) is 0.458. The number of aliphatic hydroxyl groups is 1. The monoisotopic (exact) mass is 395 g/mol. The molecule has 0 saturated heterocycles. The van der Waals surface area contributed by atoms with E-state index in [0.29, 0.717) is 27.6 Å². The normalized spacial score (nSPS) is 20.3. The third-order valence-corrected chi connectivity index (χ3v) is 4.85. The van der Waals surface area contributed by atoms with Gasteiger partial charge in [-0.25, -0.2) is 0 Å². The maximum atomic E-state index is 11.1. The number of aliphatic imine (C=N–C) groups is 1. The average molecular weight is 396 g/mol. The largest absolute Gasteiger partial charge is 0.485 e. The van der Waals surface area contributed by atoms with E-state index in [2.05, 4.69) is 11.1 Å². The molecule has 7 nitrogen and oxygen atoms in total. The predicted octanol–water partition coefficient (Wildman–Crippen LogP) is 3.09. The van der Waals surface area contributed by atoms with E-state index in [4.69, 9.17) is 27.3 Å². The first kappa shape index (κ1) is 19.5. The molecule has 3 N–H and O–H groups in total. The summed E-state index contributed by atoms with van der Waals surface area (Å²) in [6.45, 7) is 3.50. The van der Waals surface area contributed by atoms with Crippen molar-refractivity contribution in [3.05, 3.63) is 58.6 Å². The molecule has 2 aromatic carbocycles. The van der Waals surface area contributed by atoms with E-state index in [9.17, 15) is 10.4 Å². The van der Waals surface area contributed by atoms with Gasteiger partial charge in [-0.3, -0.25) is 0 Å². The van der Waals surface area contributed by atoms with E-state index in [1.807, 2.05) is 0 Å². The first-order valence-electron chi connectivity index (χ1n) is 8.46. The summed E-state index contributed by atoms with van der Waals surface area (Å²) in [4.78, 5) is 5.20. The van der Waals surface area contributed by atoms with Crippen LogP contribution in [-0.2, 0) is 0 Å². The third-order valence-electron chi connectivity index (χ3n) is 4.62. The first-order valence-corrected chi connectivity index (χ1v) is 8.84. The minimum Gasteiger partial charge on any atom is -0.485 e. The van der Waals surface area contributed by atoms with E-state index >= 15 is 0 Å². The lowest BCUT2D eigenvalue weighted by molar-refractivity contribution is -0.0565. The van der Waals surface area contributed by atoms with Crippen molar-refractivity contribution in [3.8, 4) is 18.0 Å². The Hall–Kier alpha value is -3.26. The summed E-state index contributed by atoms with van der Waals surface area (Å²) in [6.07, 6.45) is 0.621. The van der Waals surface area contributed by atoms with Crippen molar-refractivity contribution < 1.29 is 9.84 Å².